The second-order valence-corrected chi connectivity index (χ2v) is 4.00. The molecular formula is C12H13FN4O2. The highest BCUT2D eigenvalue weighted by atomic mass is 19.1. The van der Waals surface area contributed by atoms with Crippen LogP contribution in [-0.4, -0.2) is 27.2 Å². The topological polar surface area (TPSA) is 79.8 Å². The summed E-state index contributed by atoms with van der Waals surface area (Å²) >= 11 is 0. The first kappa shape index (κ1) is 13.0. The smallest absolute Gasteiger partial charge is 0.343 e. The van der Waals surface area contributed by atoms with Gasteiger partial charge in [0.25, 0.3) is 5.91 Å². The van der Waals surface area contributed by atoms with Gasteiger partial charge in [0.1, 0.15) is 5.82 Å². The zero-order valence-corrected chi connectivity index (χ0v) is 10.3. The van der Waals surface area contributed by atoms with Gasteiger partial charge in [-0.3, -0.25) is 9.78 Å². The minimum atomic E-state index is -0.492. The monoisotopic (exact) mass is 264 g/mol. The number of benzene rings is 1. The predicted octanol–water partition coefficient (Wildman–Crippen LogP) is 0.220. The van der Waals surface area contributed by atoms with E-state index >= 15 is 0 Å². The number of rotatable bonds is 4. The van der Waals surface area contributed by atoms with E-state index in [-0.39, 0.29) is 18.2 Å². The minimum Gasteiger partial charge on any atom is -0.349 e. The number of amides is 1. The van der Waals surface area contributed by atoms with Crippen molar-refractivity contribution in [3.8, 4) is 0 Å². The van der Waals surface area contributed by atoms with E-state index in [9.17, 15) is 14.0 Å². The fraction of sp³-hybridized carbons (Fsp3) is 0.250. The van der Waals surface area contributed by atoms with Crippen LogP contribution in [0.5, 0.6) is 0 Å². The van der Waals surface area contributed by atoms with Crippen molar-refractivity contribution in [3.05, 3.63) is 52.0 Å². The standard InChI is InChI=1S/C12H13FN4O2/c1-17-12(19)15-10(16-17)11(18)14-7-6-8-4-2-3-5-9(8)13/h2-5H,6-7H2,1H3,(H,14,18)(H,15,16,19). The molecular weight excluding hydrogens is 251 g/mol. The Morgan fingerprint density at radius 1 is 1.47 bits per heavy atom. The molecule has 0 bridgehead atoms. The van der Waals surface area contributed by atoms with Crippen molar-refractivity contribution in [2.45, 2.75) is 6.42 Å². The van der Waals surface area contributed by atoms with Gasteiger partial charge in [0.05, 0.1) is 0 Å². The van der Waals surface area contributed by atoms with Gasteiger partial charge in [0.2, 0.25) is 5.82 Å². The maximum Gasteiger partial charge on any atom is 0.343 e. The maximum atomic E-state index is 13.3. The molecule has 0 spiro atoms. The van der Waals surface area contributed by atoms with Gasteiger partial charge < -0.3 is 5.32 Å². The second kappa shape index (κ2) is 5.47. The van der Waals surface area contributed by atoms with Gasteiger partial charge in [0, 0.05) is 13.6 Å². The van der Waals surface area contributed by atoms with Gasteiger partial charge in [-0.2, -0.15) is 0 Å². The predicted molar refractivity (Wildman–Crippen MR) is 66.3 cm³/mol. The number of hydrogen-bond acceptors (Lipinski definition) is 3. The highest BCUT2D eigenvalue weighted by molar-refractivity contribution is 5.90. The summed E-state index contributed by atoms with van der Waals surface area (Å²) in [6.45, 7) is 0.262. The van der Waals surface area contributed by atoms with Gasteiger partial charge in [0.15, 0.2) is 0 Å². The van der Waals surface area contributed by atoms with E-state index in [1.54, 1.807) is 18.2 Å². The van der Waals surface area contributed by atoms with Crippen LogP contribution >= 0.6 is 0 Å². The summed E-state index contributed by atoms with van der Waals surface area (Å²) in [5, 5.41) is 6.28. The molecule has 7 heteroatoms. The average molecular weight is 264 g/mol. The van der Waals surface area contributed by atoms with Crippen molar-refractivity contribution in [2.75, 3.05) is 6.54 Å². The average Bonchev–Trinajstić information content (AvgIpc) is 2.72. The van der Waals surface area contributed by atoms with Crippen LogP contribution in [0.1, 0.15) is 16.2 Å². The van der Waals surface area contributed by atoms with Crippen LogP contribution in [0.25, 0.3) is 0 Å². The molecule has 6 nitrogen and oxygen atoms in total. The van der Waals surface area contributed by atoms with Crippen LogP contribution < -0.4 is 11.0 Å². The zero-order valence-electron chi connectivity index (χ0n) is 10.3. The lowest BCUT2D eigenvalue weighted by Gasteiger charge is -2.04. The number of halogens is 1. The van der Waals surface area contributed by atoms with E-state index in [0.29, 0.717) is 12.0 Å². The van der Waals surface area contributed by atoms with Crippen molar-refractivity contribution in [3.63, 3.8) is 0 Å². The normalized spacial score (nSPS) is 10.4. The Kier molecular flexibility index (Phi) is 3.74. The number of aromatic amines is 1. The fourth-order valence-corrected chi connectivity index (χ4v) is 1.60. The van der Waals surface area contributed by atoms with E-state index in [1.807, 2.05) is 0 Å². The first-order chi connectivity index (χ1) is 9.08. The number of nitrogens with zero attached hydrogens (tertiary/aromatic N) is 2. The Hall–Kier alpha value is -2.44. The van der Waals surface area contributed by atoms with E-state index in [2.05, 4.69) is 15.4 Å². The molecule has 1 amide bonds. The van der Waals surface area contributed by atoms with Crippen molar-refractivity contribution in [2.24, 2.45) is 7.05 Å². The lowest BCUT2D eigenvalue weighted by Crippen LogP contribution is -2.27. The molecule has 0 atom stereocenters. The van der Waals surface area contributed by atoms with Gasteiger partial charge >= 0.3 is 5.69 Å². The largest absolute Gasteiger partial charge is 0.349 e. The zero-order chi connectivity index (χ0) is 13.8. The molecule has 0 radical (unpaired) electrons. The molecule has 0 fully saturated rings. The van der Waals surface area contributed by atoms with Gasteiger partial charge in [-0.25, -0.2) is 13.9 Å². The van der Waals surface area contributed by atoms with E-state index < -0.39 is 11.6 Å². The Morgan fingerprint density at radius 3 is 2.84 bits per heavy atom. The Morgan fingerprint density at radius 2 is 2.21 bits per heavy atom. The summed E-state index contributed by atoms with van der Waals surface area (Å²) in [5.74, 6) is -0.849. The van der Waals surface area contributed by atoms with E-state index in [0.717, 1.165) is 4.68 Å². The van der Waals surface area contributed by atoms with Gasteiger partial charge in [-0.15, -0.1) is 5.10 Å². The molecule has 0 aliphatic carbocycles. The minimum absolute atomic E-state index is 0.0546. The van der Waals surface area contributed by atoms with Crippen LogP contribution in [0.3, 0.4) is 0 Å². The van der Waals surface area contributed by atoms with Crippen molar-refractivity contribution >= 4 is 5.91 Å². The molecule has 100 valence electrons. The van der Waals surface area contributed by atoms with Gasteiger partial charge in [-0.1, -0.05) is 18.2 Å². The lowest BCUT2D eigenvalue weighted by atomic mass is 10.1. The summed E-state index contributed by atoms with van der Waals surface area (Å²) in [6.07, 6.45) is 0.371. The van der Waals surface area contributed by atoms with Crippen LogP contribution in [0, 0.1) is 5.82 Å². The molecule has 19 heavy (non-hydrogen) atoms. The summed E-state index contributed by atoms with van der Waals surface area (Å²) in [6, 6.07) is 6.37. The molecule has 0 saturated carbocycles. The molecule has 0 unspecified atom stereocenters. The number of carbonyl (C=O) groups is 1. The molecule has 2 aromatic rings. The molecule has 1 heterocycles. The van der Waals surface area contributed by atoms with Crippen molar-refractivity contribution in [1.29, 1.82) is 0 Å². The summed E-state index contributed by atoms with van der Waals surface area (Å²) < 4.78 is 14.4. The maximum absolute atomic E-state index is 13.3. The Bertz CT molecular complexity index is 647. The first-order valence-corrected chi connectivity index (χ1v) is 5.73. The number of H-pyrrole nitrogens is 1. The van der Waals surface area contributed by atoms with E-state index in [1.165, 1.54) is 13.1 Å². The third kappa shape index (κ3) is 3.06. The SMILES string of the molecule is Cn1nc(C(=O)NCCc2ccccc2F)[nH]c1=O. The van der Waals surface area contributed by atoms with Crippen molar-refractivity contribution in [1.82, 2.24) is 20.1 Å². The Labute approximate surface area is 108 Å². The van der Waals surface area contributed by atoms with Crippen LogP contribution in [0.4, 0.5) is 4.39 Å². The molecule has 0 aliphatic rings. The molecule has 0 aliphatic heterocycles. The molecule has 2 N–H and O–H groups in total. The summed E-state index contributed by atoms with van der Waals surface area (Å²) in [5.41, 5.74) is 0.0663. The third-order valence-electron chi connectivity index (χ3n) is 2.62. The second-order valence-electron chi connectivity index (χ2n) is 4.00. The first-order valence-electron chi connectivity index (χ1n) is 5.73. The Balaban J connectivity index is 1.91. The quantitative estimate of drug-likeness (QED) is 0.829. The lowest BCUT2D eigenvalue weighted by molar-refractivity contribution is 0.0943. The number of hydrogen-bond donors (Lipinski definition) is 2. The molecule has 1 aromatic heterocycles. The van der Waals surface area contributed by atoms with E-state index in [4.69, 9.17) is 0 Å². The summed E-state index contributed by atoms with van der Waals surface area (Å²) in [4.78, 5) is 25.0. The molecule has 1 aromatic carbocycles. The number of aromatic nitrogens is 3. The van der Waals surface area contributed by atoms with Crippen LogP contribution in [0.2, 0.25) is 0 Å². The highest BCUT2D eigenvalue weighted by Crippen LogP contribution is 2.06. The van der Waals surface area contributed by atoms with Crippen molar-refractivity contribution < 1.29 is 9.18 Å². The van der Waals surface area contributed by atoms with Crippen LogP contribution in [0.15, 0.2) is 29.1 Å². The third-order valence-corrected chi connectivity index (χ3v) is 2.62. The van der Waals surface area contributed by atoms with Crippen LogP contribution in [-0.2, 0) is 13.5 Å². The molecule has 0 saturated heterocycles. The molecule has 2 rings (SSSR count). The van der Waals surface area contributed by atoms with Gasteiger partial charge in [-0.05, 0) is 18.1 Å². The number of aryl methyl sites for hydroxylation is 1. The summed E-state index contributed by atoms with van der Waals surface area (Å²) in [7, 11) is 1.44. The number of carbonyl (C=O) groups excluding carboxylic acids is 1. The number of nitrogens with one attached hydrogen (secondary N) is 2. The fourth-order valence-electron chi connectivity index (χ4n) is 1.60. The highest BCUT2D eigenvalue weighted by Gasteiger charge is 2.11.